The Balaban J connectivity index is 1.16. The first-order valence-electron chi connectivity index (χ1n) is 20.8. The van der Waals surface area contributed by atoms with Gasteiger partial charge in [-0.05, 0) is 80.6 Å². The molecule has 2 fully saturated rings. The normalized spacial score (nSPS) is 18.2. The molecule has 2 aromatic heterocycles. The number of hydrogen-bond acceptors (Lipinski definition) is 10. The molecule has 15 nitrogen and oxygen atoms in total. The molecule has 0 saturated carbocycles. The highest BCUT2D eigenvalue weighted by molar-refractivity contribution is 6.78. The number of amides is 4. The lowest BCUT2D eigenvalue weighted by molar-refractivity contribution is -0.325. The van der Waals surface area contributed by atoms with Gasteiger partial charge in [-0.25, -0.2) is 19.6 Å². The van der Waals surface area contributed by atoms with E-state index in [0.29, 0.717) is 54.3 Å². The molecule has 20 heteroatoms. The van der Waals surface area contributed by atoms with E-state index in [1.807, 2.05) is 54.8 Å². The lowest BCUT2D eigenvalue weighted by Gasteiger charge is -2.40. The number of methoxy groups -OCH3 is 1. The Bertz CT molecular complexity index is 2340. The average Bonchev–Trinajstić information content (AvgIpc) is 3.85. The monoisotopic (exact) mass is 926 g/mol. The number of H-pyrrole nitrogens is 1. The van der Waals surface area contributed by atoms with Crippen molar-refractivity contribution in [2.45, 2.75) is 90.8 Å². The van der Waals surface area contributed by atoms with E-state index in [9.17, 15) is 32.3 Å². The summed E-state index contributed by atoms with van der Waals surface area (Å²) >= 11 is 6.60. The van der Waals surface area contributed by atoms with Crippen LogP contribution in [0.15, 0.2) is 67.0 Å². The molecule has 4 amide bonds. The van der Waals surface area contributed by atoms with Crippen LogP contribution in [0.4, 0.5) is 34.3 Å². The number of alkyl carbamates (subject to hydrolysis) is 1. The third-order valence-electron chi connectivity index (χ3n) is 10.9. The van der Waals surface area contributed by atoms with Gasteiger partial charge in [0.15, 0.2) is 0 Å². The van der Waals surface area contributed by atoms with Gasteiger partial charge in [0.25, 0.3) is 5.91 Å². The first kappa shape index (κ1) is 47.8. The molecule has 344 valence electrons. The Hall–Kier alpha value is -5.66. The van der Waals surface area contributed by atoms with Crippen molar-refractivity contribution in [3.8, 4) is 22.4 Å². The summed E-state index contributed by atoms with van der Waals surface area (Å²) in [7, 11) is -0.583. The van der Waals surface area contributed by atoms with E-state index >= 15 is 0 Å². The molecule has 4 aromatic rings. The number of imidazole rings is 1. The number of carbonyl (C=O) groups excluding carboxylic acids is 4. The van der Waals surface area contributed by atoms with Crippen LogP contribution in [0.3, 0.4) is 0 Å². The van der Waals surface area contributed by atoms with Crippen molar-refractivity contribution in [3.63, 3.8) is 0 Å². The molecule has 3 unspecified atom stereocenters. The van der Waals surface area contributed by atoms with Gasteiger partial charge in [-0.1, -0.05) is 68.9 Å². The van der Waals surface area contributed by atoms with Gasteiger partial charge in [0, 0.05) is 38.0 Å². The molecule has 0 bridgehead atoms. The summed E-state index contributed by atoms with van der Waals surface area (Å²) < 4.78 is 51.6. The average molecular weight is 927 g/mol. The smallest absolute Gasteiger partial charge is 0.453 e. The van der Waals surface area contributed by atoms with Crippen molar-refractivity contribution < 1.29 is 46.7 Å². The number of ether oxygens (including phenoxy) is 2. The Morgan fingerprint density at radius 1 is 0.953 bits per heavy atom. The van der Waals surface area contributed by atoms with E-state index in [1.165, 1.54) is 43.6 Å². The number of hydroxylamine groups is 1. The number of alkyl halides is 3. The van der Waals surface area contributed by atoms with Gasteiger partial charge in [-0.3, -0.25) is 9.59 Å². The number of nitrogens with one attached hydrogen (secondary N) is 2. The number of pyridine rings is 1. The molecule has 4 heterocycles. The number of hydrogen-bond donors (Lipinski definition) is 2. The molecule has 0 aliphatic carbocycles. The summed E-state index contributed by atoms with van der Waals surface area (Å²) in [6, 6.07) is 14.0. The predicted molar refractivity (Wildman–Crippen MR) is 238 cm³/mol. The summed E-state index contributed by atoms with van der Waals surface area (Å²) in [5.74, 6) is -0.417. The fraction of sp³-hybridized carbons (Fsp3) is 0.455. The van der Waals surface area contributed by atoms with Crippen LogP contribution < -0.4 is 15.3 Å². The summed E-state index contributed by atoms with van der Waals surface area (Å²) in [5.41, 5.74) is 1.58. The number of rotatable bonds is 10. The number of piperazine rings is 1. The zero-order chi connectivity index (χ0) is 46.9. The molecule has 0 radical (unpaired) electrons. The minimum Gasteiger partial charge on any atom is -0.453 e. The van der Waals surface area contributed by atoms with Crippen LogP contribution >= 0.6 is 11.6 Å². The molecule has 3 atom stereocenters. The summed E-state index contributed by atoms with van der Waals surface area (Å²) in [6.45, 7) is 16.6. The maximum atomic E-state index is 13.9. The van der Waals surface area contributed by atoms with E-state index in [2.05, 4.69) is 38.2 Å². The van der Waals surface area contributed by atoms with Crippen molar-refractivity contribution >= 4 is 55.2 Å². The number of aromatic nitrogens is 3. The van der Waals surface area contributed by atoms with Gasteiger partial charge < -0.3 is 34.5 Å². The number of aromatic amines is 1. The topological polar surface area (TPSA) is 163 Å². The summed E-state index contributed by atoms with van der Waals surface area (Å²) in [4.78, 5) is 74.2. The highest BCUT2D eigenvalue weighted by atomic mass is 35.5. The van der Waals surface area contributed by atoms with Crippen LogP contribution in [-0.4, -0.2) is 114 Å². The maximum absolute atomic E-state index is 13.9. The minimum atomic E-state index is -5.24. The third kappa shape index (κ3) is 11.3. The van der Waals surface area contributed by atoms with Crippen LogP contribution in [0.25, 0.3) is 22.4 Å². The standard InChI is InChI=1S/C44H54ClF3N8O7Si/c1-26(2)37(52-41(59)61-7)40(58)55-25-64(8,9)24-35(55)38-50-22-33(51-38)29-12-10-28(11-13-29)30-14-16-34(32(45)20-30)56(63-44(46,47)48)39(57)31-15-17-36(49-21-31)54-19-18-53(23-27(54)3)42(60)62-43(4,5)6/h10-17,20-22,26-27,35,37H,18-19,23-25H2,1-9H3,(H,50,51)(H,52,59). The van der Waals surface area contributed by atoms with Crippen molar-refractivity contribution in [1.29, 1.82) is 0 Å². The zero-order valence-corrected chi connectivity index (χ0v) is 39.0. The molecule has 6 rings (SSSR count). The van der Waals surface area contributed by atoms with Gasteiger partial charge in [-0.2, -0.15) is 9.90 Å². The predicted octanol–water partition coefficient (Wildman–Crippen LogP) is 8.85. The quantitative estimate of drug-likeness (QED) is 0.116. The summed E-state index contributed by atoms with van der Waals surface area (Å²) in [6.07, 6.45) is -2.87. The van der Waals surface area contributed by atoms with Crippen LogP contribution in [0.2, 0.25) is 24.2 Å². The van der Waals surface area contributed by atoms with Gasteiger partial charge in [0.05, 0.1) is 49.4 Å². The summed E-state index contributed by atoms with van der Waals surface area (Å²) in [5, 5.41) is 2.61. The number of benzene rings is 2. The van der Waals surface area contributed by atoms with Crippen LogP contribution in [0, 0.1) is 5.92 Å². The molecule has 2 aromatic carbocycles. The molecule has 2 aliphatic heterocycles. The molecule has 2 N–H and O–H groups in total. The highest BCUT2D eigenvalue weighted by Gasteiger charge is 2.46. The Morgan fingerprint density at radius 3 is 2.20 bits per heavy atom. The molecule has 0 spiro atoms. The van der Waals surface area contributed by atoms with Crippen molar-refractivity contribution in [2.24, 2.45) is 5.92 Å². The van der Waals surface area contributed by atoms with E-state index in [0.717, 1.165) is 11.6 Å². The SMILES string of the molecule is COC(=O)NC(C(=O)N1C[Si](C)(C)CC1c1ncc(-c2ccc(-c3ccc(N(OC(F)(F)F)C(=O)c4ccc(N5CCN(C(=O)OC(C)(C)C)CC5C)nc4)c(Cl)c3)cc2)[nH]1)C(C)C. The Kier molecular flexibility index (Phi) is 14.1. The number of anilines is 2. The maximum Gasteiger partial charge on any atom is 0.544 e. The molecular formula is C44H54ClF3N8O7Si. The lowest BCUT2D eigenvalue weighted by Crippen LogP contribution is -2.54. The lowest BCUT2D eigenvalue weighted by atomic mass is 10.0. The molecule has 2 aliphatic rings. The first-order chi connectivity index (χ1) is 29.9. The van der Waals surface area contributed by atoms with E-state index in [4.69, 9.17) is 21.1 Å². The van der Waals surface area contributed by atoms with Gasteiger partial charge in [0.2, 0.25) is 5.91 Å². The molecule has 2 saturated heterocycles. The second-order valence-corrected chi connectivity index (χ2v) is 23.6. The molecular weight excluding hydrogens is 873 g/mol. The number of halogens is 4. The second kappa shape index (κ2) is 18.8. The Morgan fingerprint density at radius 2 is 1.62 bits per heavy atom. The van der Waals surface area contributed by atoms with E-state index < -0.39 is 44.2 Å². The van der Waals surface area contributed by atoms with Gasteiger partial charge in [0.1, 0.15) is 23.3 Å². The zero-order valence-electron chi connectivity index (χ0n) is 37.2. The van der Waals surface area contributed by atoms with Gasteiger partial charge in [-0.15, -0.1) is 13.2 Å². The second-order valence-electron chi connectivity index (χ2n) is 18.1. The minimum absolute atomic E-state index is 0.102. The molecule has 64 heavy (non-hydrogen) atoms. The van der Waals surface area contributed by atoms with E-state index in [-0.39, 0.29) is 45.2 Å². The van der Waals surface area contributed by atoms with Gasteiger partial charge >= 0.3 is 18.5 Å². The Labute approximate surface area is 376 Å². The van der Waals surface area contributed by atoms with Crippen LogP contribution in [0.5, 0.6) is 0 Å². The van der Waals surface area contributed by atoms with E-state index in [1.54, 1.807) is 31.9 Å². The van der Waals surface area contributed by atoms with Crippen LogP contribution in [0.1, 0.15) is 63.8 Å². The van der Waals surface area contributed by atoms with Crippen molar-refractivity contribution in [1.82, 2.24) is 30.1 Å². The van der Waals surface area contributed by atoms with Crippen LogP contribution in [-0.2, 0) is 19.1 Å². The number of nitrogens with zero attached hydrogens (tertiary/aromatic N) is 6. The van der Waals surface area contributed by atoms with Crippen molar-refractivity contribution in [2.75, 3.05) is 42.9 Å². The number of carbonyl (C=O) groups is 4. The fourth-order valence-electron chi connectivity index (χ4n) is 7.86. The fourth-order valence-corrected chi connectivity index (χ4v) is 11.0. The largest absolute Gasteiger partial charge is 0.544 e. The highest BCUT2D eigenvalue weighted by Crippen LogP contribution is 2.39. The third-order valence-corrected chi connectivity index (χ3v) is 13.9. The first-order valence-corrected chi connectivity index (χ1v) is 24.6. The van der Waals surface area contributed by atoms with Crippen molar-refractivity contribution in [3.05, 3.63) is 83.4 Å².